The first-order valence-corrected chi connectivity index (χ1v) is 4.91. The van der Waals surface area contributed by atoms with Crippen molar-refractivity contribution >= 4 is 22.7 Å². The van der Waals surface area contributed by atoms with Gasteiger partial charge >= 0.3 is 5.76 Å². The summed E-state index contributed by atoms with van der Waals surface area (Å²) in [4.78, 5) is 13.5. The van der Waals surface area contributed by atoms with Crippen molar-refractivity contribution in [2.45, 2.75) is 18.7 Å². The van der Waals surface area contributed by atoms with Gasteiger partial charge < -0.3 is 4.42 Å². The average Bonchev–Trinajstić information content (AvgIpc) is 2.55. The number of H-pyrrole nitrogens is 1. The summed E-state index contributed by atoms with van der Waals surface area (Å²) in [7, 11) is 0. The molecule has 0 aliphatic heterocycles. The molecule has 0 bridgehead atoms. The fourth-order valence-electron chi connectivity index (χ4n) is 1.39. The number of aromatic amines is 1. The van der Waals surface area contributed by atoms with Crippen LogP contribution in [0.5, 0.6) is 0 Å². The molecule has 1 aromatic heterocycles. The van der Waals surface area contributed by atoms with Crippen molar-refractivity contribution in [1.29, 1.82) is 0 Å². The fourth-order valence-corrected chi connectivity index (χ4v) is 1.53. The topological polar surface area (TPSA) is 46.0 Å². The number of hydrogen-bond donors (Lipinski definition) is 1. The third-order valence-corrected chi connectivity index (χ3v) is 2.73. The number of hydrogen-bond acceptors (Lipinski definition) is 2. The van der Waals surface area contributed by atoms with E-state index in [-0.39, 0.29) is 5.38 Å². The van der Waals surface area contributed by atoms with Gasteiger partial charge in [-0.3, -0.25) is 4.98 Å². The summed E-state index contributed by atoms with van der Waals surface area (Å²) in [6, 6.07) is 5.50. The molecule has 0 saturated carbocycles. The Labute approximate surface area is 85.7 Å². The van der Waals surface area contributed by atoms with Crippen molar-refractivity contribution in [3.05, 3.63) is 34.3 Å². The summed E-state index contributed by atoms with van der Waals surface area (Å²) in [5.74, 6) is -0.431. The molecule has 1 N–H and O–H groups in total. The lowest BCUT2D eigenvalue weighted by Gasteiger charge is -2.05. The predicted octanol–water partition coefficient (Wildman–Crippen LogP) is 2.81. The molecule has 0 radical (unpaired) electrons. The van der Waals surface area contributed by atoms with E-state index < -0.39 is 5.76 Å². The summed E-state index contributed by atoms with van der Waals surface area (Å²) in [5.41, 5.74) is 2.25. The van der Waals surface area contributed by atoms with Gasteiger partial charge in [0.1, 0.15) is 0 Å². The van der Waals surface area contributed by atoms with E-state index in [1.54, 1.807) is 12.1 Å². The van der Waals surface area contributed by atoms with Crippen LogP contribution in [-0.4, -0.2) is 4.98 Å². The van der Waals surface area contributed by atoms with Gasteiger partial charge in [-0.2, -0.15) is 0 Å². The SMILES string of the molecule is CCC(Cl)c1ccc2[nH]c(=O)oc2c1. The van der Waals surface area contributed by atoms with Gasteiger partial charge in [-0.05, 0) is 24.1 Å². The summed E-state index contributed by atoms with van der Waals surface area (Å²) in [6.07, 6.45) is 0.849. The molecule has 0 spiro atoms. The van der Waals surface area contributed by atoms with Crippen molar-refractivity contribution in [3.8, 4) is 0 Å². The van der Waals surface area contributed by atoms with Crippen LogP contribution in [0.25, 0.3) is 11.1 Å². The van der Waals surface area contributed by atoms with Gasteiger partial charge in [-0.25, -0.2) is 4.79 Å². The van der Waals surface area contributed by atoms with E-state index in [0.717, 1.165) is 12.0 Å². The Bertz CT molecular complexity index is 500. The molecule has 0 saturated heterocycles. The van der Waals surface area contributed by atoms with Crippen LogP contribution in [0.4, 0.5) is 0 Å². The Hall–Kier alpha value is -1.22. The normalized spacial score (nSPS) is 13.3. The summed E-state index contributed by atoms with van der Waals surface area (Å²) in [5, 5.41) is -0.0281. The van der Waals surface area contributed by atoms with Crippen LogP contribution in [0, 0.1) is 0 Å². The molecule has 0 fully saturated rings. The highest BCUT2D eigenvalue weighted by Crippen LogP contribution is 2.25. The molecule has 0 aliphatic carbocycles. The second-order valence-electron chi connectivity index (χ2n) is 3.15. The maximum Gasteiger partial charge on any atom is 0.417 e. The van der Waals surface area contributed by atoms with Gasteiger partial charge in [0.2, 0.25) is 0 Å². The van der Waals surface area contributed by atoms with Crippen LogP contribution in [0.3, 0.4) is 0 Å². The van der Waals surface area contributed by atoms with Crippen LogP contribution in [-0.2, 0) is 0 Å². The molecule has 2 rings (SSSR count). The molecule has 1 unspecified atom stereocenters. The van der Waals surface area contributed by atoms with E-state index in [1.807, 2.05) is 13.0 Å². The third kappa shape index (κ3) is 1.55. The summed E-state index contributed by atoms with van der Waals surface area (Å²) < 4.78 is 4.93. The van der Waals surface area contributed by atoms with Gasteiger partial charge in [0, 0.05) is 0 Å². The second kappa shape index (κ2) is 3.50. The molecule has 3 nitrogen and oxygen atoms in total. The number of aromatic nitrogens is 1. The van der Waals surface area contributed by atoms with E-state index in [0.29, 0.717) is 11.1 Å². The molecule has 74 valence electrons. The zero-order valence-corrected chi connectivity index (χ0v) is 8.47. The number of alkyl halides is 1. The van der Waals surface area contributed by atoms with Crippen LogP contribution in [0.2, 0.25) is 0 Å². The first kappa shape index (κ1) is 9.34. The van der Waals surface area contributed by atoms with Gasteiger partial charge in [0.15, 0.2) is 5.58 Å². The minimum absolute atomic E-state index is 0.0281. The van der Waals surface area contributed by atoms with Gasteiger partial charge in [-0.15, -0.1) is 11.6 Å². The maximum absolute atomic E-state index is 10.9. The smallest absolute Gasteiger partial charge is 0.408 e. The Balaban J connectivity index is 2.55. The Morgan fingerprint density at radius 3 is 3.07 bits per heavy atom. The number of oxazole rings is 1. The highest BCUT2D eigenvalue weighted by molar-refractivity contribution is 6.20. The molecule has 4 heteroatoms. The van der Waals surface area contributed by atoms with Crippen molar-refractivity contribution in [3.63, 3.8) is 0 Å². The van der Waals surface area contributed by atoms with Crippen LogP contribution >= 0.6 is 11.6 Å². The van der Waals surface area contributed by atoms with Crippen LogP contribution < -0.4 is 5.76 Å². The first-order chi connectivity index (χ1) is 6.70. The zero-order valence-electron chi connectivity index (χ0n) is 7.71. The Kier molecular flexibility index (Phi) is 2.33. The van der Waals surface area contributed by atoms with E-state index in [4.69, 9.17) is 16.0 Å². The average molecular weight is 212 g/mol. The molecule has 0 aliphatic rings. The lowest BCUT2D eigenvalue weighted by atomic mass is 10.1. The second-order valence-corrected chi connectivity index (χ2v) is 3.67. The van der Waals surface area contributed by atoms with Crippen molar-refractivity contribution in [2.75, 3.05) is 0 Å². The molecular formula is C10H10ClNO2. The van der Waals surface area contributed by atoms with Crippen molar-refractivity contribution in [1.82, 2.24) is 4.98 Å². The first-order valence-electron chi connectivity index (χ1n) is 4.47. The highest BCUT2D eigenvalue weighted by Gasteiger charge is 2.07. The monoisotopic (exact) mass is 211 g/mol. The number of benzene rings is 1. The molecule has 14 heavy (non-hydrogen) atoms. The van der Waals surface area contributed by atoms with E-state index >= 15 is 0 Å². The number of rotatable bonds is 2. The number of halogens is 1. The minimum Gasteiger partial charge on any atom is -0.408 e. The summed E-state index contributed by atoms with van der Waals surface area (Å²) in [6.45, 7) is 2.01. The van der Waals surface area contributed by atoms with Gasteiger partial charge in [0.25, 0.3) is 0 Å². The van der Waals surface area contributed by atoms with Gasteiger partial charge in [-0.1, -0.05) is 13.0 Å². The fraction of sp³-hybridized carbons (Fsp3) is 0.300. The standard InChI is InChI=1S/C10H10ClNO2/c1-2-7(11)6-3-4-8-9(5-6)14-10(13)12-8/h3-5,7H,2H2,1H3,(H,12,13). The number of fused-ring (bicyclic) bond motifs is 1. The summed E-state index contributed by atoms with van der Waals surface area (Å²) >= 11 is 6.07. The molecule has 1 aromatic carbocycles. The molecule has 1 heterocycles. The molecule has 1 atom stereocenters. The Morgan fingerprint density at radius 2 is 2.36 bits per heavy atom. The van der Waals surface area contributed by atoms with Crippen LogP contribution in [0.15, 0.2) is 27.4 Å². The van der Waals surface area contributed by atoms with E-state index in [2.05, 4.69) is 4.98 Å². The lowest BCUT2D eigenvalue weighted by Crippen LogP contribution is -1.92. The highest BCUT2D eigenvalue weighted by atomic mass is 35.5. The maximum atomic E-state index is 10.9. The minimum atomic E-state index is -0.431. The van der Waals surface area contributed by atoms with E-state index in [1.165, 1.54) is 0 Å². The zero-order chi connectivity index (χ0) is 10.1. The quantitative estimate of drug-likeness (QED) is 0.777. The Morgan fingerprint density at radius 1 is 1.57 bits per heavy atom. The largest absolute Gasteiger partial charge is 0.417 e. The van der Waals surface area contributed by atoms with Crippen LogP contribution in [0.1, 0.15) is 24.3 Å². The molecular weight excluding hydrogens is 202 g/mol. The number of nitrogens with one attached hydrogen (secondary N) is 1. The molecule has 2 aromatic rings. The van der Waals surface area contributed by atoms with E-state index in [9.17, 15) is 4.79 Å². The predicted molar refractivity (Wildman–Crippen MR) is 55.7 cm³/mol. The lowest BCUT2D eigenvalue weighted by molar-refractivity contribution is 0.555. The van der Waals surface area contributed by atoms with Gasteiger partial charge in [0.05, 0.1) is 10.9 Å². The van der Waals surface area contributed by atoms with Crippen molar-refractivity contribution in [2.24, 2.45) is 0 Å². The van der Waals surface area contributed by atoms with Crippen molar-refractivity contribution < 1.29 is 4.42 Å². The molecule has 0 amide bonds. The third-order valence-electron chi connectivity index (χ3n) is 2.17.